The van der Waals surface area contributed by atoms with Crippen molar-refractivity contribution in [3.05, 3.63) is 23.2 Å². The second-order valence-corrected chi connectivity index (χ2v) is 6.60. The van der Waals surface area contributed by atoms with Crippen LogP contribution in [0.15, 0.2) is 23.1 Å². The first-order valence-corrected chi connectivity index (χ1v) is 7.35. The van der Waals surface area contributed by atoms with Gasteiger partial charge in [0.15, 0.2) is 0 Å². The normalized spacial score (nSPS) is 20.5. The number of sulfonamides is 1. The highest BCUT2D eigenvalue weighted by Crippen LogP contribution is 2.28. The van der Waals surface area contributed by atoms with E-state index in [1.54, 1.807) is 6.07 Å². The van der Waals surface area contributed by atoms with Crippen LogP contribution in [0, 0.1) is 0 Å². The molecule has 1 heterocycles. The zero-order valence-electron chi connectivity index (χ0n) is 9.97. The van der Waals surface area contributed by atoms with Gasteiger partial charge in [-0.2, -0.15) is 4.31 Å². The van der Waals surface area contributed by atoms with Crippen molar-refractivity contribution in [1.82, 2.24) is 4.31 Å². The lowest BCUT2D eigenvalue weighted by Crippen LogP contribution is -2.37. The van der Waals surface area contributed by atoms with E-state index in [1.807, 2.05) is 0 Å². The molecule has 0 amide bonds. The Morgan fingerprint density at radius 1 is 1.50 bits per heavy atom. The van der Waals surface area contributed by atoms with Gasteiger partial charge in [0.1, 0.15) is 4.90 Å². The third kappa shape index (κ3) is 2.47. The Labute approximate surface area is 112 Å². The molecule has 7 heteroatoms. The predicted molar refractivity (Wildman–Crippen MR) is 70.0 cm³/mol. The van der Waals surface area contributed by atoms with Gasteiger partial charge < -0.3 is 10.5 Å². The number of hydrogen-bond donors (Lipinski definition) is 1. The second kappa shape index (κ2) is 5.05. The minimum absolute atomic E-state index is 0.0403. The number of nitrogen functional groups attached to an aromatic ring is 1. The van der Waals surface area contributed by atoms with E-state index in [2.05, 4.69) is 0 Å². The van der Waals surface area contributed by atoms with Crippen LogP contribution in [0.25, 0.3) is 0 Å². The molecule has 0 bridgehead atoms. The van der Waals surface area contributed by atoms with Gasteiger partial charge in [-0.15, -0.1) is 0 Å². The molecule has 1 saturated heterocycles. The summed E-state index contributed by atoms with van der Waals surface area (Å²) in [6.07, 6.45) is 0.690. The van der Waals surface area contributed by atoms with Crippen molar-refractivity contribution in [1.29, 1.82) is 0 Å². The number of benzene rings is 1. The highest BCUT2D eigenvalue weighted by Gasteiger charge is 2.32. The molecular formula is C11H15ClN2O3S. The standard InChI is InChI=1S/C11H15ClN2O3S/c1-14(9-4-5-17-7-9)18(15,16)11-6-8(13)2-3-10(11)12/h2-3,6,9H,4-5,7,13H2,1H3. The molecule has 0 aliphatic carbocycles. The van der Waals surface area contributed by atoms with E-state index >= 15 is 0 Å². The number of likely N-dealkylation sites (N-methyl/N-ethyl adjacent to an activating group) is 1. The molecule has 100 valence electrons. The van der Waals surface area contributed by atoms with Crippen LogP contribution >= 0.6 is 11.6 Å². The molecule has 0 aromatic heterocycles. The third-order valence-electron chi connectivity index (χ3n) is 3.03. The van der Waals surface area contributed by atoms with Gasteiger partial charge in [-0.25, -0.2) is 8.42 Å². The lowest BCUT2D eigenvalue weighted by molar-refractivity contribution is 0.181. The highest BCUT2D eigenvalue weighted by atomic mass is 35.5. The third-order valence-corrected chi connectivity index (χ3v) is 5.42. The lowest BCUT2D eigenvalue weighted by Gasteiger charge is -2.23. The van der Waals surface area contributed by atoms with Crippen LogP contribution in [0.3, 0.4) is 0 Å². The number of nitrogens with two attached hydrogens (primary N) is 1. The number of nitrogens with zero attached hydrogens (tertiary/aromatic N) is 1. The number of halogens is 1. The first kappa shape index (κ1) is 13.6. The molecule has 1 aromatic carbocycles. The summed E-state index contributed by atoms with van der Waals surface area (Å²) in [4.78, 5) is 0.0403. The Kier molecular flexibility index (Phi) is 3.82. The molecule has 1 fully saturated rings. The molecule has 0 spiro atoms. The first-order valence-electron chi connectivity index (χ1n) is 5.53. The zero-order valence-corrected chi connectivity index (χ0v) is 11.5. The molecular weight excluding hydrogens is 276 g/mol. The maximum atomic E-state index is 12.4. The number of anilines is 1. The van der Waals surface area contributed by atoms with E-state index < -0.39 is 10.0 Å². The lowest BCUT2D eigenvalue weighted by atomic mass is 10.3. The van der Waals surface area contributed by atoms with Gasteiger partial charge in [-0.1, -0.05) is 11.6 Å². The summed E-state index contributed by atoms with van der Waals surface area (Å²) in [6.45, 7) is 0.991. The van der Waals surface area contributed by atoms with Gasteiger partial charge in [-0.3, -0.25) is 0 Å². The molecule has 5 nitrogen and oxygen atoms in total. The fourth-order valence-electron chi connectivity index (χ4n) is 1.88. The van der Waals surface area contributed by atoms with Crippen molar-refractivity contribution >= 4 is 27.3 Å². The summed E-state index contributed by atoms with van der Waals surface area (Å²) in [5.74, 6) is 0. The molecule has 0 radical (unpaired) electrons. The summed E-state index contributed by atoms with van der Waals surface area (Å²) >= 11 is 5.94. The van der Waals surface area contributed by atoms with Crippen LogP contribution in [0.2, 0.25) is 5.02 Å². The molecule has 1 aliphatic heterocycles. The van der Waals surface area contributed by atoms with E-state index in [9.17, 15) is 8.42 Å². The first-order chi connectivity index (χ1) is 8.43. The summed E-state index contributed by atoms with van der Waals surface area (Å²) in [5.41, 5.74) is 5.98. The topological polar surface area (TPSA) is 72.6 Å². The van der Waals surface area contributed by atoms with E-state index in [1.165, 1.54) is 23.5 Å². The number of rotatable bonds is 3. The van der Waals surface area contributed by atoms with Crippen molar-refractivity contribution < 1.29 is 13.2 Å². The Bertz CT molecular complexity index is 541. The largest absolute Gasteiger partial charge is 0.399 e. The maximum absolute atomic E-state index is 12.4. The van der Waals surface area contributed by atoms with Crippen LogP contribution in [0.5, 0.6) is 0 Å². The number of ether oxygens (including phenoxy) is 1. The molecule has 1 atom stereocenters. The fraction of sp³-hybridized carbons (Fsp3) is 0.455. The van der Waals surface area contributed by atoms with E-state index in [0.717, 1.165) is 0 Å². The van der Waals surface area contributed by atoms with E-state index in [0.29, 0.717) is 25.3 Å². The molecule has 18 heavy (non-hydrogen) atoms. The summed E-state index contributed by atoms with van der Waals surface area (Å²) in [5, 5.41) is 0.176. The van der Waals surface area contributed by atoms with Gasteiger partial charge >= 0.3 is 0 Å². The Morgan fingerprint density at radius 2 is 2.22 bits per heavy atom. The van der Waals surface area contributed by atoms with Gasteiger partial charge in [-0.05, 0) is 24.6 Å². The fourth-order valence-corrected chi connectivity index (χ4v) is 3.76. The van der Waals surface area contributed by atoms with Crippen molar-refractivity contribution in [3.8, 4) is 0 Å². The monoisotopic (exact) mass is 290 g/mol. The van der Waals surface area contributed by atoms with Crippen LogP contribution in [0.1, 0.15) is 6.42 Å². The number of hydrogen-bond acceptors (Lipinski definition) is 4. The molecule has 0 saturated carbocycles. The van der Waals surface area contributed by atoms with Crippen LogP contribution in [0.4, 0.5) is 5.69 Å². The van der Waals surface area contributed by atoms with Crippen LogP contribution in [-0.4, -0.2) is 39.0 Å². The summed E-state index contributed by atoms with van der Waals surface area (Å²) in [6, 6.07) is 4.29. The smallest absolute Gasteiger partial charge is 0.244 e. The Hall–Kier alpha value is -0.820. The summed E-state index contributed by atoms with van der Waals surface area (Å²) < 4.78 is 31.4. The van der Waals surface area contributed by atoms with E-state index in [-0.39, 0.29) is 16.0 Å². The molecule has 1 aliphatic rings. The molecule has 2 N–H and O–H groups in total. The average molecular weight is 291 g/mol. The minimum Gasteiger partial charge on any atom is -0.399 e. The Morgan fingerprint density at radius 3 is 2.83 bits per heavy atom. The Balaban J connectivity index is 2.37. The van der Waals surface area contributed by atoms with Crippen molar-refractivity contribution in [2.45, 2.75) is 17.4 Å². The SMILES string of the molecule is CN(C1CCOC1)S(=O)(=O)c1cc(N)ccc1Cl. The van der Waals surface area contributed by atoms with Crippen molar-refractivity contribution in [2.75, 3.05) is 26.0 Å². The van der Waals surface area contributed by atoms with Gasteiger partial charge in [0.05, 0.1) is 17.7 Å². The van der Waals surface area contributed by atoms with Gasteiger partial charge in [0.25, 0.3) is 0 Å². The quantitative estimate of drug-likeness (QED) is 0.853. The molecule has 2 rings (SSSR count). The van der Waals surface area contributed by atoms with E-state index in [4.69, 9.17) is 22.1 Å². The zero-order chi connectivity index (χ0) is 13.3. The van der Waals surface area contributed by atoms with Crippen molar-refractivity contribution in [2.24, 2.45) is 0 Å². The predicted octanol–water partition coefficient (Wildman–Crippen LogP) is 1.33. The summed E-state index contributed by atoms with van der Waals surface area (Å²) in [7, 11) is -2.10. The van der Waals surface area contributed by atoms with Crippen molar-refractivity contribution in [3.63, 3.8) is 0 Å². The van der Waals surface area contributed by atoms with Crippen LogP contribution < -0.4 is 5.73 Å². The average Bonchev–Trinajstić information content (AvgIpc) is 2.84. The van der Waals surface area contributed by atoms with Crippen LogP contribution in [-0.2, 0) is 14.8 Å². The highest BCUT2D eigenvalue weighted by molar-refractivity contribution is 7.89. The maximum Gasteiger partial charge on any atom is 0.244 e. The van der Waals surface area contributed by atoms with Gasteiger partial charge in [0, 0.05) is 19.3 Å². The molecule has 1 aromatic rings. The minimum atomic E-state index is -3.63. The van der Waals surface area contributed by atoms with Gasteiger partial charge in [0.2, 0.25) is 10.0 Å². The molecule has 1 unspecified atom stereocenters. The second-order valence-electron chi connectivity index (χ2n) is 4.23.